The maximum Gasteiger partial charge on any atom is 0.185 e. The molecule has 0 fully saturated rings. The van der Waals surface area contributed by atoms with Gasteiger partial charge in [0.05, 0.1) is 17.2 Å². The van der Waals surface area contributed by atoms with Crippen LogP contribution in [-0.4, -0.2) is 17.1 Å². The highest BCUT2D eigenvalue weighted by Gasteiger charge is 2.15. The van der Waals surface area contributed by atoms with Crippen LogP contribution in [0, 0.1) is 18.3 Å². The fourth-order valence-electron chi connectivity index (χ4n) is 3.77. The van der Waals surface area contributed by atoms with E-state index in [-0.39, 0.29) is 35.8 Å². The first-order valence-corrected chi connectivity index (χ1v) is 10.8. The molecule has 1 aromatic heterocycles. The number of hydrogen-bond donors (Lipinski definition) is 0. The van der Waals surface area contributed by atoms with E-state index in [0.29, 0.717) is 11.8 Å². The molecule has 0 aliphatic carbocycles. The lowest BCUT2D eigenvalue weighted by Crippen LogP contribution is -2.09. The Balaban J connectivity index is 1.55. The molecule has 166 valence electrons. The van der Waals surface area contributed by atoms with Crippen LogP contribution in [0.15, 0.2) is 85.1 Å². The van der Waals surface area contributed by atoms with E-state index in [0.717, 1.165) is 27.8 Å². The van der Waals surface area contributed by atoms with Crippen LogP contribution in [-0.2, 0) is 13.0 Å². The van der Waals surface area contributed by atoms with E-state index in [1.807, 2.05) is 61.5 Å². The largest absolute Gasteiger partial charge is 0.488 e. The Morgan fingerprint density at radius 2 is 1.82 bits per heavy atom. The van der Waals surface area contributed by atoms with Crippen molar-refractivity contribution in [2.45, 2.75) is 20.0 Å². The van der Waals surface area contributed by atoms with E-state index in [2.05, 4.69) is 11.1 Å². The van der Waals surface area contributed by atoms with Gasteiger partial charge >= 0.3 is 0 Å². The minimum absolute atomic E-state index is 0.159. The molecule has 0 amide bonds. The van der Waals surface area contributed by atoms with Gasteiger partial charge in [0.15, 0.2) is 12.1 Å². The predicted octanol–water partition coefficient (Wildman–Crippen LogP) is 5.75. The first-order valence-electron chi connectivity index (χ1n) is 10.8. The van der Waals surface area contributed by atoms with Crippen molar-refractivity contribution in [1.29, 1.82) is 5.26 Å². The average Bonchev–Trinajstić information content (AvgIpc) is 2.89. The molecular weight excluding hydrogens is 424 g/mol. The second-order valence-electron chi connectivity index (χ2n) is 7.88. The van der Waals surface area contributed by atoms with E-state index in [9.17, 15) is 9.59 Å². The SMILES string of the molecule is Cc1c(CC(=O)c2cc(OCc3cccc(C#N)c3)c(C=O)cn2)cccc1-c1ccccc1. The molecule has 0 spiro atoms. The number of nitriles is 1. The number of pyridine rings is 1. The van der Waals surface area contributed by atoms with Gasteiger partial charge < -0.3 is 4.74 Å². The molecule has 0 saturated heterocycles. The van der Waals surface area contributed by atoms with Crippen LogP contribution in [0.5, 0.6) is 5.75 Å². The highest BCUT2D eigenvalue weighted by Crippen LogP contribution is 2.27. The molecule has 5 nitrogen and oxygen atoms in total. The lowest BCUT2D eigenvalue weighted by molar-refractivity contribution is 0.0986. The highest BCUT2D eigenvalue weighted by molar-refractivity contribution is 5.97. The van der Waals surface area contributed by atoms with Crippen molar-refractivity contribution in [3.63, 3.8) is 0 Å². The summed E-state index contributed by atoms with van der Waals surface area (Å²) in [4.78, 5) is 28.8. The van der Waals surface area contributed by atoms with Gasteiger partial charge in [0.2, 0.25) is 0 Å². The summed E-state index contributed by atoms with van der Waals surface area (Å²) >= 11 is 0. The predicted molar refractivity (Wildman–Crippen MR) is 130 cm³/mol. The van der Waals surface area contributed by atoms with Crippen molar-refractivity contribution in [2.75, 3.05) is 0 Å². The molecule has 4 rings (SSSR count). The zero-order chi connectivity index (χ0) is 23.9. The molecule has 0 bridgehead atoms. The van der Waals surface area contributed by atoms with Crippen molar-refractivity contribution < 1.29 is 14.3 Å². The molecule has 3 aromatic carbocycles. The third-order valence-corrected chi connectivity index (χ3v) is 5.64. The highest BCUT2D eigenvalue weighted by atomic mass is 16.5. The van der Waals surface area contributed by atoms with Gasteiger partial charge in [-0.3, -0.25) is 14.6 Å². The number of carbonyl (C=O) groups is 2. The molecule has 34 heavy (non-hydrogen) atoms. The third kappa shape index (κ3) is 5.08. The second-order valence-corrected chi connectivity index (χ2v) is 7.88. The van der Waals surface area contributed by atoms with Gasteiger partial charge in [-0.25, -0.2) is 0 Å². The van der Waals surface area contributed by atoms with E-state index >= 15 is 0 Å². The summed E-state index contributed by atoms with van der Waals surface area (Å²) in [5.74, 6) is 0.118. The zero-order valence-corrected chi connectivity index (χ0v) is 18.7. The van der Waals surface area contributed by atoms with Gasteiger partial charge in [0, 0.05) is 18.7 Å². The number of Topliss-reactive ketones (excluding diaryl/α,β-unsaturated/α-hetero) is 1. The van der Waals surface area contributed by atoms with Gasteiger partial charge in [-0.15, -0.1) is 0 Å². The summed E-state index contributed by atoms with van der Waals surface area (Å²) in [5, 5.41) is 9.07. The number of hydrogen-bond acceptors (Lipinski definition) is 5. The van der Waals surface area contributed by atoms with E-state index in [4.69, 9.17) is 10.00 Å². The Morgan fingerprint density at radius 1 is 1.03 bits per heavy atom. The Morgan fingerprint density at radius 3 is 2.59 bits per heavy atom. The van der Waals surface area contributed by atoms with Gasteiger partial charge in [-0.2, -0.15) is 5.26 Å². The molecule has 4 aromatic rings. The fourth-order valence-corrected chi connectivity index (χ4v) is 3.77. The molecule has 0 saturated carbocycles. The Labute approximate surface area is 198 Å². The topological polar surface area (TPSA) is 80.0 Å². The molecule has 0 atom stereocenters. The summed E-state index contributed by atoms with van der Waals surface area (Å²) in [6.07, 6.45) is 2.19. The van der Waals surface area contributed by atoms with Gasteiger partial charge in [0.25, 0.3) is 0 Å². The smallest absolute Gasteiger partial charge is 0.185 e. The number of ketones is 1. The molecular formula is C29H22N2O3. The number of carbonyl (C=O) groups excluding carboxylic acids is 2. The number of rotatable bonds is 8. The first kappa shape index (κ1) is 22.6. The number of ether oxygens (including phenoxy) is 1. The van der Waals surface area contributed by atoms with Crippen LogP contribution in [0.3, 0.4) is 0 Å². The lowest BCUT2D eigenvalue weighted by Gasteiger charge is -2.12. The summed E-state index contributed by atoms with van der Waals surface area (Å²) in [6, 6.07) is 26.6. The minimum Gasteiger partial charge on any atom is -0.488 e. The summed E-state index contributed by atoms with van der Waals surface area (Å²) in [7, 11) is 0. The van der Waals surface area contributed by atoms with Crippen LogP contribution in [0.25, 0.3) is 11.1 Å². The molecule has 0 aliphatic rings. The number of aldehydes is 1. The molecule has 1 heterocycles. The Kier molecular flexibility index (Phi) is 6.90. The quantitative estimate of drug-likeness (QED) is 0.254. The van der Waals surface area contributed by atoms with E-state index in [1.165, 1.54) is 12.3 Å². The van der Waals surface area contributed by atoms with E-state index < -0.39 is 0 Å². The second kappa shape index (κ2) is 10.4. The minimum atomic E-state index is -0.165. The summed E-state index contributed by atoms with van der Waals surface area (Å²) < 4.78 is 5.82. The van der Waals surface area contributed by atoms with Crippen LogP contribution < -0.4 is 4.74 Å². The fraction of sp³-hybridized carbons (Fsp3) is 0.103. The van der Waals surface area contributed by atoms with Crippen molar-refractivity contribution in [3.8, 4) is 22.9 Å². The molecule has 0 unspecified atom stereocenters. The van der Waals surface area contributed by atoms with Crippen molar-refractivity contribution in [3.05, 3.63) is 119 Å². The number of aromatic nitrogens is 1. The monoisotopic (exact) mass is 446 g/mol. The first-order chi connectivity index (χ1) is 16.6. The summed E-state index contributed by atoms with van der Waals surface area (Å²) in [6.45, 7) is 2.17. The number of benzene rings is 3. The number of nitrogens with zero attached hydrogens (tertiary/aromatic N) is 2. The summed E-state index contributed by atoms with van der Waals surface area (Å²) in [5.41, 5.74) is 5.94. The molecule has 0 radical (unpaired) electrons. The molecule has 0 N–H and O–H groups in total. The maximum absolute atomic E-state index is 13.1. The third-order valence-electron chi connectivity index (χ3n) is 5.64. The van der Waals surface area contributed by atoms with Crippen molar-refractivity contribution >= 4 is 12.1 Å². The van der Waals surface area contributed by atoms with E-state index in [1.54, 1.807) is 18.2 Å². The average molecular weight is 447 g/mol. The normalized spacial score (nSPS) is 10.4. The zero-order valence-electron chi connectivity index (χ0n) is 18.7. The van der Waals surface area contributed by atoms with Crippen LogP contribution >= 0.6 is 0 Å². The molecule has 0 aliphatic heterocycles. The Bertz CT molecular complexity index is 1390. The molecule has 5 heteroatoms. The van der Waals surface area contributed by atoms with Crippen LogP contribution in [0.1, 0.15) is 43.1 Å². The van der Waals surface area contributed by atoms with Gasteiger partial charge in [0.1, 0.15) is 18.1 Å². The standard InChI is InChI=1S/C29H22N2O3/c1-20-24(11-6-12-26(20)23-9-3-2-4-10-23)14-28(33)27-15-29(25(18-32)17-31-27)34-19-22-8-5-7-21(13-22)16-30/h2-13,15,17-18H,14,19H2,1H3. The Hall–Kier alpha value is -4.56. The lowest BCUT2D eigenvalue weighted by atomic mass is 9.93. The van der Waals surface area contributed by atoms with Crippen LogP contribution in [0.2, 0.25) is 0 Å². The van der Waals surface area contributed by atoms with Crippen molar-refractivity contribution in [2.24, 2.45) is 0 Å². The van der Waals surface area contributed by atoms with Crippen LogP contribution in [0.4, 0.5) is 0 Å². The van der Waals surface area contributed by atoms with Crippen molar-refractivity contribution in [1.82, 2.24) is 4.98 Å². The van der Waals surface area contributed by atoms with Gasteiger partial charge in [-0.05, 0) is 46.9 Å². The van der Waals surface area contributed by atoms with Gasteiger partial charge in [-0.1, -0.05) is 60.7 Å². The maximum atomic E-state index is 13.1.